The maximum Gasteiger partial charge on any atom is 0.235 e. The molecule has 3 rings (SSSR count). The standard InChI is InChI=1S/C17H20BrNO3/c1-10-3-4-11(18)9-13(10)14-15(20)17(19-16(14)21)7-5-12(22-2)6-8-17/h3-4,9,12,14H,5-8H2,1-2H3,(H,19,21). The van der Waals surface area contributed by atoms with E-state index >= 15 is 0 Å². The number of Topliss-reactive ketones (excluding diaryl/α,β-unsaturated/α-hetero) is 1. The summed E-state index contributed by atoms with van der Waals surface area (Å²) in [6.07, 6.45) is 3.15. The molecule has 1 amide bonds. The molecule has 1 atom stereocenters. The Labute approximate surface area is 138 Å². The topological polar surface area (TPSA) is 55.4 Å². The van der Waals surface area contributed by atoms with E-state index in [2.05, 4.69) is 21.2 Å². The van der Waals surface area contributed by atoms with E-state index in [4.69, 9.17) is 4.74 Å². The summed E-state index contributed by atoms with van der Waals surface area (Å²) in [6, 6.07) is 5.75. The summed E-state index contributed by atoms with van der Waals surface area (Å²) in [5.74, 6) is -0.827. The van der Waals surface area contributed by atoms with Gasteiger partial charge in [0.2, 0.25) is 5.91 Å². The number of hydrogen-bond acceptors (Lipinski definition) is 3. The zero-order valence-corrected chi connectivity index (χ0v) is 14.4. The Morgan fingerprint density at radius 2 is 1.95 bits per heavy atom. The second-order valence-corrected chi connectivity index (χ2v) is 7.22. The minimum Gasteiger partial charge on any atom is -0.381 e. The highest BCUT2D eigenvalue weighted by molar-refractivity contribution is 9.10. The maximum absolute atomic E-state index is 13.0. The molecule has 1 spiro atoms. The number of nitrogens with one attached hydrogen (secondary N) is 1. The van der Waals surface area contributed by atoms with Crippen LogP contribution in [0.1, 0.15) is 42.7 Å². The van der Waals surface area contributed by atoms with E-state index in [0.29, 0.717) is 12.8 Å². The average molecular weight is 366 g/mol. The summed E-state index contributed by atoms with van der Waals surface area (Å²) in [4.78, 5) is 25.5. The van der Waals surface area contributed by atoms with Gasteiger partial charge in [0.05, 0.1) is 11.6 Å². The van der Waals surface area contributed by atoms with Gasteiger partial charge in [-0.2, -0.15) is 0 Å². The van der Waals surface area contributed by atoms with Crippen LogP contribution in [0.4, 0.5) is 0 Å². The quantitative estimate of drug-likeness (QED) is 0.819. The molecule has 1 saturated carbocycles. The van der Waals surface area contributed by atoms with E-state index in [0.717, 1.165) is 28.4 Å². The van der Waals surface area contributed by atoms with Crippen LogP contribution in [0.3, 0.4) is 0 Å². The highest BCUT2D eigenvalue weighted by Gasteiger charge is 2.54. The van der Waals surface area contributed by atoms with Crippen LogP contribution in [0.25, 0.3) is 0 Å². The second kappa shape index (κ2) is 5.78. The van der Waals surface area contributed by atoms with E-state index in [-0.39, 0.29) is 17.8 Å². The van der Waals surface area contributed by atoms with Crippen LogP contribution in [0, 0.1) is 6.92 Å². The van der Waals surface area contributed by atoms with Gasteiger partial charge in [0.25, 0.3) is 0 Å². The Morgan fingerprint density at radius 3 is 2.59 bits per heavy atom. The Balaban J connectivity index is 1.91. The highest BCUT2D eigenvalue weighted by Crippen LogP contribution is 2.40. The van der Waals surface area contributed by atoms with Crippen molar-refractivity contribution < 1.29 is 14.3 Å². The lowest BCUT2D eigenvalue weighted by molar-refractivity contribution is -0.126. The van der Waals surface area contributed by atoms with E-state index in [9.17, 15) is 9.59 Å². The highest BCUT2D eigenvalue weighted by atomic mass is 79.9. The summed E-state index contributed by atoms with van der Waals surface area (Å²) in [5.41, 5.74) is 1.09. The first-order chi connectivity index (χ1) is 10.5. The molecule has 1 aromatic rings. The zero-order valence-electron chi connectivity index (χ0n) is 12.8. The fourth-order valence-corrected chi connectivity index (χ4v) is 4.04. The molecule has 1 aliphatic carbocycles. The van der Waals surface area contributed by atoms with Crippen molar-refractivity contribution in [3.05, 3.63) is 33.8 Å². The first-order valence-electron chi connectivity index (χ1n) is 7.62. The third-order valence-electron chi connectivity index (χ3n) is 5.03. The van der Waals surface area contributed by atoms with Crippen molar-refractivity contribution in [2.45, 2.75) is 50.2 Å². The number of ether oxygens (including phenoxy) is 1. The molecule has 1 saturated heterocycles. The second-order valence-electron chi connectivity index (χ2n) is 6.30. The number of ketones is 1. The average Bonchev–Trinajstić information content (AvgIpc) is 2.74. The molecule has 0 bridgehead atoms. The first-order valence-corrected chi connectivity index (χ1v) is 8.41. The fraction of sp³-hybridized carbons (Fsp3) is 0.529. The molecular weight excluding hydrogens is 346 g/mol. The minimum atomic E-state index is -0.689. The first kappa shape index (κ1) is 15.7. The van der Waals surface area contributed by atoms with Crippen LogP contribution in [0.5, 0.6) is 0 Å². The van der Waals surface area contributed by atoms with Gasteiger partial charge in [0.15, 0.2) is 5.78 Å². The number of benzene rings is 1. The molecule has 0 aromatic heterocycles. The van der Waals surface area contributed by atoms with Gasteiger partial charge in [0.1, 0.15) is 5.92 Å². The number of halogens is 1. The Kier molecular flexibility index (Phi) is 4.12. The van der Waals surface area contributed by atoms with Gasteiger partial charge in [-0.3, -0.25) is 9.59 Å². The summed E-state index contributed by atoms with van der Waals surface area (Å²) in [7, 11) is 1.70. The van der Waals surface area contributed by atoms with Crippen LogP contribution in [-0.2, 0) is 14.3 Å². The van der Waals surface area contributed by atoms with Gasteiger partial charge in [-0.25, -0.2) is 0 Å². The van der Waals surface area contributed by atoms with Crippen molar-refractivity contribution in [2.24, 2.45) is 0 Å². The summed E-state index contributed by atoms with van der Waals surface area (Å²) in [5, 5.41) is 3.00. The van der Waals surface area contributed by atoms with Crippen molar-refractivity contribution in [1.29, 1.82) is 0 Å². The molecule has 5 heteroatoms. The Morgan fingerprint density at radius 1 is 1.27 bits per heavy atom. The Bertz CT molecular complexity index is 620. The Hall–Kier alpha value is -1.20. The van der Waals surface area contributed by atoms with Crippen molar-refractivity contribution in [3.8, 4) is 0 Å². The van der Waals surface area contributed by atoms with E-state index in [1.165, 1.54) is 0 Å². The van der Waals surface area contributed by atoms with E-state index < -0.39 is 11.5 Å². The molecule has 2 aliphatic rings. The van der Waals surface area contributed by atoms with Gasteiger partial charge >= 0.3 is 0 Å². The number of methoxy groups -OCH3 is 1. The van der Waals surface area contributed by atoms with Crippen molar-refractivity contribution in [2.75, 3.05) is 7.11 Å². The smallest absolute Gasteiger partial charge is 0.235 e. The zero-order chi connectivity index (χ0) is 15.9. The number of carbonyl (C=O) groups excluding carboxylic acids is 2. The number of hydrogen-bond donors (Lipinski definition) is 1. The number of rotatable bonds is 2. The van der Waals surface area contributed by atoms with E-state index in [1.807, 2.05) is 25.1 Å². The summed E-state index contributed by atoms with van der Waals surface area (Å²) < 4.78 is 6.26. The number of carbonyl (C=O) groups is 2. The summed E-state index contributed by atoms with van der Waals surface area (Å²) >= 11 is 3.43. The van der Waals surface area contributed by atoms with Gasteiger partial charge in [-0.05, 0) is 55.9 Å². The van der Waals surface area contributed by atoms with Crippen molar-refractivity contribution in [3.63, 3.8) is 0 Å². The fourth-order valence-electron chi connectivity index (χ4n) is 3.66. The van der Waals surface area contributed by atoms with Crippen LogP contribution in [0.15, 0.2) is 22.7 Å². The van der Waals surface area contributed by atoms with Gasteiger partial charge < -0.3 is 10.1 Å². The molecule has 2 fully saturated rings. The van der Waals surface area contributed by atoms with E-state index in [1.54, 1.807) is 7.11 Å². The lowest BCUT2D eigenvalue weighted by Crippen LogP contribution is -2.50. The maximum atomic E-state index is 13.0. The molecule has 1 aliphatic heterocycles. The van der Waals surface area contributed by atoms with Crippen LogP contribution < -0.4 is 5.32 Å². The third-order valence-corrected chi connectivity index (χ3v) is 5.52. The molecule has 1 heterocycles. The molecule has 22 heavy (non-hydrogen) atoms. The monoisotopic (exact) mass is 365 g/mol. The normalized spacial score (nSPS) is 31.6. The molecule has 0 radical (unpaired) electrons. The summed E-state index contributed by atoms with van der Waals surface area (Å²) in [6.45, 7) is 1.94. The lowest BCUT2D eigenvalue weighted by Gasteiger charge is -2.35. The predicted octanol–water partition coefficient (Wildman–Crippen LogP) is 2.87. The van der Waals surface area contributed by atoms with Gasteiger partial charge in [-0.15, -0.1) is 0 Å². The van der Waals surface area contributed by atoms with Gasteiger partial charge in [0, 0.05) is 11.6 Å². The molecule has 118 valence electrons. The molecule has 1 unspecified atom stereocenters. The third kappa shape index (κ3) is 2.50. The predicted molar refractivity (Wildman–Crippen MR) is 86.8 cm³/mol. The van der Waals surface area contributed by atoms with Crippen LogP contribution in [0.2, 0.25) is 0 Å². The molecule has 1 N–H and O–H groups in total. The molecule has 1 aromatic carbocycles. The number of aryl methyl sites for hydroxylation is 1. The van der Waals surface area contributed by atoms with Crippen LogP contribution >= 0.6 is 15.9 Å². The minimum absolute atomic E-state index is 0.0215. The molecule has 4 nitrogen and oxygen atoms in total. The van der Waals surface area contributed by atoms with Gasteiger partial charge in [-0.1, -0.05) is 22.0 Å². The molecular formula is C17H20BrNO3. The van der Waals surface area contributed by atoms with Crippen molar-refractivity contribution in [1.82, 2.24) is 5.32 Å². The van der Waals surface area contributed by atoms with Crippen molar-refractivity contribution >= 4 is 27.6 Å². The lowest BCUT2D eigenvalue weighted by atomic mass is 9.75. The largest absolute Gasteiger partial charge is 0.381 e. The SMILES string of the molecule is COC1CCC2(CC1)NC(=O)C(c1cc(Br)ccc1C)C2=O. The number of amides is 1. The van der Waals surface area contributed by atoms with Crippen LogP contribution in [-0.4, -0.2) is 30.4 Å².